The van der Waals surface area contributed by atoms with E-state index in [9.17, 15) is 14.4 Å². The normalized spacial score (nSPS) is 11.0. The van der Waals surface area contributed by atoms with Gasteiger partial charge in [-0.15, -0.1) is 11.8 Å². The van der Waals surface area contributed by atoms with E-state index in [1.807, 2.05) is 20.8 Å². The van der Waals surface area contributed by atoms with Crippen LogP contribution in [-0.4, -0.2) is 39.9 Å². The van der Waals surface area contributed by atoms with Crippen LogP contribution in [0.4, 0.5) is 11.5 Å². The zero-order valence-corrected chi connectivity index (χ0v) is 17.8. The predicted octanol–water partition coefficient (Wildman–Crippen LogP) is 3.21. The minimum absolute atomic E-state index is 0.117. The molecular weight excluding hydrogens is 392 g/mol. The molecule has 29 heavy (non-hydrogen) atoms. The number of nitrogens with one attached hydrogen (secondary N) is 3. The summed E-state index contributed by atoms with van der Waals surface area (Å²) < 4.78 is 4.87. The summed E-state index contributed by atoms with van der Waals surface area (Å²) in [7, 11) is 0. The summed E-state index contributed by atoms with van der Waals surface area (Å²) in [5.41, 5.74) is 0.836. The molecule has 9 heteroatoms. The summed E-state index contributed by atoms with van der Waals surface area (Å²) in [6, 6.07) is 8.29. The largest absolute Gasteiger partial charge is 0.360 e. The maximum absolute atomic E-state index is 12.2. The molecule has 2 aromatic rings. The van der Waals surface area contributed by atoms with Crippen molar-refractivity contribution in [1.29, 1.82) is 0 Å². The number of aromatic nitrogens is 1. The molecule has 3 amide bonds. The van der Waals surface area contributed by atoms with Crippen molar-refractivity contribution in [1.82, 2.24) is 10.5 Å². The van der Waals surface area contributed by atoms with Crippen molar-refractivity contribution in [3.8, 4) is 0 Å². The molecule has 156 valence electrons. The van der Waals surface area contributed by atoms with E-state index in [0.29, 0.717) is 22.8 Å². The van der Waals surface area contributed by atoms with Crippen LogP contribution in [0.5, 0.6) is 0 Å². The summed E-state index contributed by atoms with van der Waals surface area (Å²) in [5.74, 6) is 0.544. The minimum atomic E-state index is -0.278. The Bertz CT molecular complexity index is 862. The van der Waals surface area contributed by atoms with Gasteiger partial charge >= 0.3 is 0 Å². The van der Waals surface area contributed by atoms with Gasteiger partial charge in [0.2, 0.25) is 11.8 Å². The number of hydrogen-bond donors (Lipinski definition) is 3. The van der Waals surface area contributed by atoms with Crippen LogP contribution in [0.3, 0.4) is 0 Å². The Hall–Kier alpha value is -2.81. The minimum Gasteiger partial charge on any atom is -0.360 e. The molecule has 0 aliphatic rings. The van der Waals surface area contributed by atoms with Crippen LogP contribution in [0.2, 0.25) is 0 Å². The molecular formula is C20H26N4O4S. The van der Waals surface area contributed by atoms with Gasteiger partial charge in [-0.1, -0.05) is 12.1 Å². The van der Waals surface area contributed by atoms with Crippen LogP contribution in [0.1, 0.15) is 43.3 Å². The van der Waals surface area contributed by atoms with Gasteiger partial charge in [-0.05, 0) is 51.5 Å². The molecule has 0 unspecified atom stereocenters. The molecule has 0 saturated heterocycles. The van der Waals surface area contributed by atoms with E-state index in [4.69, 9.17) is 4.52 Å². The second kappa shape index (κ2) is 10.1. The Balaban J connectivity index is 1.74. The van der Waals surface area contributed by atoms with Gasteiger partial charge in [0, 0.05) is 22.9 Å². The zero-order valence-electron chi connectivity index (χ0n) is 17.0. The number of carbonyl (C=O) groups excluding carboxylic acids is 3. The van der Waals surface area contributed by atoms with Crippen LogP contribution >= 0.6 is 11.8 Å². The first-order valence-corrected chi connectivity index (χ1v) is 10.4. The molecule has 0 fully saturated rings. The van der Waals surface area contributed by atoms with Crippen molar-refractivity contribution in [3.63, 3.8) is 0 Å². The fraction of sp³-hybridized carbons (Fsp3) is 0.400. The molecule has 1 heterocycles. The van der Waals surface area contributed by atoms with E-state index in [1.165, 1.54) is 11.8 Å². The van der Waals surface area contributed by atoms with Gasteiger partial charge in [-0.3, -0.25) is 14.4 Å². The van der Waals surface area contributed by atoms with Crippen molar-refractivity contribution in [2.45, 2.75) is 39.7 Å². The summed E-state index contributed by atoms with van der Waals surface area (Å²) >= 11 is 1.19. The van der Waals surface area contributed by atoms with E-state index in [2.05, 4.69) is 21.1 Å². The number of aryl methyl sites for hydroxylation is 1. The number of thioether (sulfide) groups is 1. The Morgan fingerprint density at radius 1 is 1.07 bits per heavy atom. The van der Waals surface area contributed by atoms with Gasteiger partial charge in [-0.2, -0.15) is 0 Å². The van der Waals surface area contributed by atoms with Crippen LogP contribution in [-0.2, 0) is 9.59 Å². The molecule has 0 radical (unpaired) electrons. The molecule has 0 bridgehead atoms. The van der Waals surface area contributed by atoms with Crippen molar-refractivity contribution in [3.05, 3.63) is 41.7 Å². The summed E-state index contributed by atoms with van der Waals surface area (Å²) in [5, 5.41) is 12.0. The van der Waals surface area contributed by atoms with Gasteiger partial charge in [0.05, 0.1) is 11.5 Å². The highest BCUT2D eigenvalue weighted by molar-refractivity contribution is 8.00. The lowest BCUT2D eigenvalue weighted by Crippen LogP contribution is -2.42. The number of amides is 3. The maximum atomic E-state index is 12.2. The van der Waals surface area contributed by atoms with Crippen LogP contribution in [0, 0.1) is 6.92 Å². The van der Waals surface area contributed by atoms with Gasteiger partial charge in [0.15, 0.2) is 5.82 Å². The lowest BCUT2D eigenvalue weighted by molar-refractivity contribution is -0.114. The van der Waals surface area contributed by atoms with Crippen molar-refractivity contribution < 1.29 is 18.9 Å². The maximum Gasteiger partial charge on any atom is 0.251 e. The quantitative estimate of drug-likeness (QED) is 0.576. The Kier molecular flexibility index (Phi) is 7.83. The molecule has 0 atom stereocenters. The van der Waals surface area contributed by atoms with Crippen LogP contribution in [0.25, 0.3) is 0 Å². The standard InChI is InChI=1S/C20H26N4O4S/c1-5-20(3,4)23-19(27)14-6-8-15(9-7-14)21-17(25)11-29-12-18(26)22-16-10-13(2)28-24-16/h6-10H,5,11-12H2,1-4H3,(H,21,25)(H,23,27)(H,22,24,26). The average Bonchev–Trinajstić information content (AvgIpc) is 3.06. The second-order valence-electron chi connectivity index (χ2n) is 7.18. The smallest absolute Gasteiger partial charge is 0.251 e. The fourth-order valence-corrected chi connectivity index (χ4v) is 2.83. The second-order valence-corrected chi connectivity index (χ2v) is 8.17. The summed E-state index contributed by atoms with van der Waals surface area (Å²) in [4.78, 5) is 36.1. The van der Waals surface area contributed by atoms with Gasteiger partial charge in [0.25, 0.3) is 5.91 Å². The summed E-state index contributed by atoms with van der Waals surface area (Å²) in [6.45, 7) is 7.66. The monoisotopic (exact) mass is 418 g/mol. The third-order valence-electron chi connectivity index (χ3n) is 4.13. The Morgan fingerprint density at radius 3 is 2.24 bits per heavy atom. The number of rotatable bonds is 9. The first-order chi connectivity index (χ1) is 13.7. The molecule has 1 aromatic heterocycles. The predicted molar refractivity (Wildman–Crippen MR) is 114 cm³/mol. The number of carbonyl (C=O) groups is 3. The molecule has 2 rings (SSSR count). The number of nitrogens with zero attached hydrogens (tertiary/aromatic N) is 1. The molecule has 0 spiro atoms. The average molecular weight is 419 g/mol. The number of anilines is 2. The van der Waals surface area contributed by atoms with Crippen molar-refractivity contribution in [2.75, 3.05) is 22.1 Å². The van der Waals surface area contributed by atoms with E-state index in [1.54, 1.807) is 37.3 Å². The van der Waals surface area contributed by atoms with Crippen LogP contribution < -0.4 is 16.0 Å². The van der Waals surface area contributed by atoms with Gasteiger partial charge < -0.3 is 20.5 Å². The molecule has 1 aromatic carbocycles. The van der Waals surface area contributed by atoms with Gasteiger partial charge in [0.1, 0.15) is 5.76 Å². The molecule has 0 saturated carbocycles. The lowest BCUT2D eigenvalue weighted by atomic mass is 10.0. The Labute approximate surface area is 174 Å². The van der Waals surface area contributed by atoms with E-state index < -0.39 is 0 Å². The topological polar surface area (TPSA) is 113 Å². The molecule has 0 aliphatic carbocycles. The van der Waals surface area contributed by atoms with Crippen molar-refractivity contribution in [2.24, 2.45) is 0 Å². The molecule has 8 nitrogen and oxygen atoms in total. The molecule has 3 N–H and O–H groups in total. The Morgan fingerprint density at radius 2 is 1.69 bits per heavy atom. The highest BCUT2D eigenvalue weighted by Gasteiger charge is 2.18. The first-order valence-electron chi connectivity index (χ1n) is 9.22. The number of benzene rings is 1. The highest BCUT2D eigenvalue weighted by Crippen LogP contribution is 2.14. The van der Waals surface area contributed by atoms with E-state index >= 15 is 0 Å². The fourth-order valence-electron chi connectivity index (χ4n) is 2.21. The lowest BCUT2D eigenvalue weighted by Gasteiger charge is -2.24. The van der Waals surface area contributed by atoms with E-state index in [0.717, 1.165) is 6.42 Å². The summed E-state index contributed by atoms with van der Waals surface area (Å²) in [6.07, 6.45) is 0.820. The first kappa shape index (κ1) is 22.5. The SMILES string of the molecule is CCC(C)(C)NC(=O)c1ccc(NC(=O)CSCC(=O)Nc2cc(C)on2)cc1. The number of hydrogen-bond acceptors (Lipinski definition) is 6. The van der Waals surface area contributed by atoms with Crippen LogP contribution in [0.15, 0.2) is 34.9 Å². The highest BCUT2D eigenvalue weighted by atomic mass is 32.2. The third kappa shape index (κ3) is 7.61. The third-order valence-corrected chi connectivity index (χ3v) is 5.06. The molecule has 0 aliphatic heterocycles. The van der Waals surface area contributed by atoms with Crippen molar-refractivity contribution >= 4 is 41.0 Å². The van der Waals surface area contributed by atoms with E-state index in [-0.39, 0.29) is 34.8 Å². The zero-order chi connectivity index (χ0) is 21.4. The van der Waals surface area contributed by atoms with Gasteiger partial charge in [-0.25, -0.2) is 0 Å².